The van der Waals surface area contributed by atoms with E-state index < -0.39 is 23.3 Å². The van der Waals surface area contributed by atoms with Crippen molar-refractivity contribution in [1.82, 2.24) is 0 Å². The maximum absolute atomic E-state index is 13.4. The second-order valence-corrected chi connectivity index (χ2v) is 4.79. The highest BCUT2D eigenvalue weighted by Crippen LogP contribution is 2.31. The summed E-state index contributed by atoms with van der Waals surface area (Å²) in [5, 5.41) is 0.373. The third-order valence-electron chi connectivity index (χ3n) is 2.91. The number of alkyl halides is 3. The van der Waals surface area contributed by atoms with E-state index in [1.807, 2.05) is 0 Å². The second-order valence-electron chi connectivity index (χ2n) is 4.38. The van der Waals surface area contributed by atoms with E-state index in [1.165, 1.54) is 0 Å². The van der Waals surface area contributed by atoms with Crippen LogP contribution in [0, 0.1) is 5.82 Å². The van der Waals surface area contributed by atoms with Gasteiger partial charge in [-0.05, 0) is 23.8 Å². The standard InChI is InChI=1S/C15H9ClF4O/c16-12-4-2-1-3-9(12)8-14(21)10-5-6-11(13(17)7-10)15(18,19)20/h1-7H,8H2. The van der Waals surface area contributed by atoms with Gasteiger partial charge in [0.1, 0.15) is 5.82 Å². The molecule has 0 aliphatic heterocycles. The van der Waals surface area contributed by atoms with Crippen LogP contribution in [0.25, 0.3) is 0 Å². The molecule has 0 fully saturated rings. The molecule has 0 saturated carbocycles. The third-order valence-corrected chi connectivity index (χ3v) is 3.27. The summed E-state index contributed by atoms with van der Waals surface area (Å²) in [5.41, 5.74) is -0.985. The quantitative estimate of drug-likeness (QED) is 0.580. The van der Waals surface area contributed by atoms with Crippen LogP contribution in [-0.2, 0) is 12.6 Å². The van der Waals surface area contributed by atoms with Gasteiger partial charge in [-0.25, -0.2) is 4.39 Å². The van der Waals surface area contributed by atoms with Crippen LogP contribution >= 0.6 is 11.6 Å². The van der Waals surface area contributed by atoms with Crippen molar-refractivity contribution in [3.8, 4) is 0 Å². The Labute approximate surface area is 123 Å². The van der Waals surface area contributed by atoms with Gasteiger partial charge in [0.25, 0.3) is 0 Å². The molecule has 2 rings (SSSR count). The van der Waals surface area contributed by atoms with E-state index in [1.54, 1.807) is 24.3 Å². The largest absolute Gasteiger partial charge is 0.419 e. The molecule has 0 heterocycles. The van der Waals surface area contributed by atoms with E-state index in [4.69, 9.17) is 11.6 Å². The fourth-order valence-corrected chi connectivity index (χ4v) is 2.04. The molecule has 0 amide bonds. The van der Waals surface area contributed by atoms with Crippen molar-refractivity contribution in [2.24, 2.45) is 0 Å². The van der Waals surface area contributed by atoms with Crippen LogP contribution in [0.1, 0.15) is 21.5 Å². The van der Waals surface area contributed by atoms with Gasteiger partial charge in [0.2, 0.25) is 0 Å². The fourth-order valence-electron chi connectivity index (χ4n) is 1.84. The van der Waals surface area contributed by atoms with Gasteiger partial charge in [-0.3, -0.25) is 4.79 Å². The van der Waals surface area contributed by atoms with Crippen LogP contribution in [0.15, 0.2) is 42.5 Å². The van der Waals surface area contributed by atoms with Crippen LogP contribution in [0.4, 0.5) is 17.6 Å². The fraction of sp³-hybridized carbons (Fsp3) is 0.133. The Morgan fingerprint density at radius 2 is 1.76 bits per heavy atom. The normalized spacial score (nSPS) is 11.5. The molecule has 0 unspecified atom stereocenters. The van der Waals surface area contributed by atoms with Gasteiger partial charge in [0, 0.05) is 17.0 Å². The van der Waals surface area contributed by atoms with Crippen molar-refractivity contribution in [2.75, 3.05) is 0 Å². The van der Waals surface area contributed by atoms with Gasteiger partial charge in [0.05, 0.1) is 5.56 Å². The van der Waals surface area contributed by atoms with Crippen molar-refractivity contribution in [3.63, 3.8) is 0 Å². The summed E-state index contributed by atoms with van der Waals surface area (Å²) in [7, 11) is 0. The molecular weight excluding hydrogens is 308 g/mol. The van der Waals surface area contributed by atoms with Crippen molar-refractivity contribution in [3.05, 3.63) is 70.0 Å². The summed E-state index contributed by atoms with van der Waals surface area (Å²) in [6.45, 7) is 0. The summed E-state index contributed by atoms with van der Waals surface area (Å²) in [5.74, 6) is -1.97. The molecular formula is C15H9ClF4O. The van der Waals surface area contributed by atoms with Crippen molar-refractivity contribution < 1.29 is 22.4 Å². The summed E-state index contributed by atoms with van der Waals surface area (Å²) in [6, 6.07) is 8.72. The molecule has 2 aromatic carbocycles. The van der Waals surface area contributed by atoms with E-state index in [-0.39, 0.29) is 12.0 Å². The average molecular weight is 317 g/mol. The maximum atomic E-state index is 13.4. The molecule has 21 heavy (non-hydrogen) atoms. The van der Waals surface area contributed by atoms with Gasteiger partial charge in [0.15, 0.2) is 5.78 Å². The first kappa shape index (κ1) is 15.5. The molecule has 0 aliphatic rings. The third kappa shape index (κ3) is 3.61. The molecule has 110 valence electrons. The zero-order valence-electron chi connectivity index (χ0n) is 10.5. The Morgan fingerprint density at radius 3 is 2.33 bits per heavy atom. The lowest BCUT2D eigenvalue weighted by molar-refractivity contribution is -0.140. The number of rotatable bonds is 3. The van der Waals surface area contributed by atoms with E-state index in [0.29, 0.717) is 22.7 Å². The second kappa shape index (κ2) is 5.85. The summed E-state index contributed by atoms with van der Waals surface area (Å²) in [6.07, 6.45) is -4.89. The minimum Gasteiger partial charge on any atom is -0.294 e. The number of benzene rings is 2. The summed E-state index contributed by atoms with van der Waals surface area (Å²) < 4.78 is 50.7. The molecule has 0 atom stereocenters. The SMILES string of the molecule is O=C(Cc1ccccc1Cl)c1ccc(C(F)(F)F)c(F)c1. The smallest absolute Gasteiger partial charge is 0.294 e. The van der Waals surface area contributed by atoms with Crippen LogP contribution in [0.5, 0.6) is 0 Å². The van der Waals surface area contributed by atoms with Crippen molar-refractivity contribution in [2.45, 2.75) is 12.6 Å². The molecule has 1 nitrogen and oxygen atoms in total. The Bertz CT molecular complexity index is 680. The topological polar surface area (TPSA) is 17.1 Å². The Morgan fingerprint density at radius 1 is 1.10 bits per heavy atom. The minimum atomic E-state index is -4.78. The van der Waals surface area contributed by atoms with Crippen LogP contribution in [0.3, 0.4) is 0 Å². The number of Topliss-reactive ketones (excluding diaryl/α,β-unsaturated/α-hetero) is 1. The van der Waals surface area contributed by atoms with Crippen LogP contribution < -0.4 is 0 Å². The minimum absolute atomic E-state index is 0.107. The number of carbonyl (C=O) groups excluding carboxylic acids is 1. The van der Waals surface area contributed by atoms with E-state index in [2.05, 4.69) is 0 Å². The van der Waals surface area contributed by atoms with E-state index in [9.17, 15) is 22.4 Å². The zero-order valence-corrected chi connectivity index (χ0v) is 11.3. The predicted octanol–water partition coefficient (Wildman–Crippen LogP) is 4.92. The summed E-state index contributed by atoms with van der Waals surface area (Å²) in [4.78, 5) is 12.0. The molecule has 0 spiro atoms. The van der Waals surface area contributed by atoms with Crippen molar-refractivity contribution >= 4 is 17.4 Å². The van der Waals surface area contributed by atoms with E-state index in [0.717, 1.165) is 6.07 Å². The van der Waals surface area contributed by atoms with E-state index >= 15 is 0 Å². The van der Waals surface area contributed by atoms with Gasteiger partial charge in [-0.15, -0.1) is 0 Å². The summed E-state index contributed by atoms with van der Waals surface area (Å²) >= 11 is 5.90. The highest BCUT2D eigenvalue weighted by molar-refractivity contribution is 6.31. The van der Waals surface area contributed by atoms with Gasteiger partial charge in [-0.2, -0.15) is 13.2 Å². The first-order valence-corrected chi connectivity index (χ1v) is 6.30. The first-order valence-electron chi connectivity index (χ1n) is 5.92. The number of carbonyl (C=O) groups is 1. The molecule has 2 aromatic rings. The molecule has 0 aromatic heterocycles. The molecule has 0 aliphatic carbocycles. The lowest BCUT2D eigenvalue weighted by Gasteiger charge is -2.09. The predicted molar refractivity (Wildman–Crippen MR) is 70.9 cm³/mol. The number of halogens is 5. The highest BCUT2D eigenvalue weighted by atomic mass is 35.5. The molecule has 0 N–H and O–H groups in total. The number of hydrogen-bond acceptors (Lipinski definition) is 1. The van der Waals surface area contributed by atoms with Crippen molar-refractivity contribution in [1.29, 1.82) is 0 Å². The lowest BCUT2D eigenvalue weighted by atomic mass is 10.0. The van der Waals surface area contributed by atoms with Gasteiger partial charge < -0.3 is 0 Å². The lowest BCUT2D eigenvalue weighted by Crippen LogP contribution is -2.10. The van der Waals surface area contributed by atoms with Gasteiger partial charge >= 0.3 is 6.18 Å². The van der Waals surface area contributed by atoms with Crippen LogP contribution in [0.2, 0.25) is 5.02 Å². The monoisotopic (exact) mass is 316 g/mol. The maximum Gasteiger partial charge on any atom is 0.419 e. The Balaban J connectivity index is 2.25. The molecule has 0 radical (unpaired) electrons. The number of hydrogen-bond donors (Lipinski definition) is 0. The molecule has 6 heteroatoms. The van der Waals surface area contributed by atoms with Crippen LogP contribution in [-0.4, -0.2) is 5.78 Å². The Kier molecular flexibility index (Phi) is 4.32. The molecule has 0 saturated heterocycles. The highest BCUT2D eigenvalue weighted by Gasteiger charge is 2.34. The first-order chi connectivity index (χ1) is 9.79. The average Bonchev–Trinajstić information content (AvgIpc) is 2.39. The zero-order chi connectivity index (χ0) is 15.6. The molecule has 0 bridgehead atoms. The van der Waals surface area contributed by atoms with Gasteiger partial charge in [-0.1, -0.05) is 35.9 Å². The number of ketones is 1. The Hall–Kier alpha value is -1.88.